The first-order chi connectivity index (χ1) is 10.5. The number of aliphatic hydroxyl groups excluding tert-OH is 1. The first-order valence-corrected chi connectivity index (χ1v) is 12.8. The van der Waals surface area contributed by atoms with Crippen molar-refractivity contribution in [3.8, 4) is 0 Å². The number of halogens is 1. The molecule has 4 nitrogen and oxygen atoms in total. The largest absolute Gasteiger partial charge is 0.413 e. The van der Waals surface area contributed by atoms with Crippen molar-refractivity contribution in [3.05, 3.63) is 0 Å². The fourth-order valence-electron chi connectivity index (χ4n) is 3.03. The van der Waals surface area contributed by atoms with Crippen LogP contribution in [0, 0.1) is 5.92 Å². The Kier molecular flexibility index (Phi) is 5.84. The molecule has 1 amide bonds. The van der Waals surface area contributed by atoms with Gasteiger partial charge in [0.1, 0.15) is 0 Å². The Morgan fingerprint density at radius 3 is 2.57 bits per heavy atom. The fourth-order valence-corrected chi connectivity index (χ4v) is 6.44. The highest BCUT2D eigenvalue weighted by Gasteiger charge is 2.52. The van der Waals surface area contributed by atoms with Crippen molar-refractivity contribution < 1.29 is 14.3 Å². The van der Waals surface area contributed by atoms with Crippen molar-refractivity contribution in [3.63, 3.8) is 0 Å². The van der Waals surface area contributed by atoms with E-state index in [9.17, 15) is 9.90 Å². The minimum absolute atomic E-state index is 0.0331. The molecule has 2 rings (SSSR count). The van der Waals surface area contributed by atoms with Gasteiger partial charge in [-0.2, -0.15) is 11.8 Å². The molecule has 0 saturated carbocycles. The van der Waals surface area contributed by atoms with Crippen LogP contribution >= 0.6 is 23.4 Å². The van der Waals surface area contributed by atoms with Crippen molar-refractivity contribution in [2.24, 2.45) is 5.92 Å². The normalized spacial score (nSPS) is 37.0. The van der Waals surface area contributed by atoms with Gasteiger partial charge in [-0.3, -0.25) is 4.79 Å². The van der Waals surface area contributed by atoms with Crippen LogP contribution in [0.2, 0.25) is 18.1 Å². The molecule has 7 heteroatoms. The molecule has 0 radical (unpaired) electrons. The quantitative estimate of drug-likeness (QED) is 0.448. The number of aliphatic hydroxyl groups is 1. The number of alkyl halides is 1. The number of thioether (sulfide) groups is 1. The van der Waals surface area contributed by atoms with E-state index in [1.807, 2.05) is 6.92 Å². The van der Waals surface area contributed by atoms with Crippen molar-refractivity contribution in [2.75, 3.05) is 5.75 Å². The van der Waals surface area contributed by atoms with Crippen LogP contribution in [-0.2, 0) is 9.22 Å². The summed E-state index contributed by atoms with van der Waals surface area (Å²) in [5, 5.41) is 13.2. The summed E-state index contributed by atoms with van der Waals surface area (Å²) in [5.41, 5.74) is 0. The van der Waals surface area contributed by atoms with Gasteiger partial charge in [0.05, 0.1) is 34.8 Å². The number of hydrogen-bond donors (Lipinski definition) is 2. The van der Waals surface area contributed by atoms with E-state index in [1.54, 1.807) is 11.8 Å². The van der Waals surface area contributed by atoms with E-state index in [0.29, 0.717) is 0 Å². The van der Waals surface area contributed by atoms with Gasteiger partial charge in [0.2, 0.25) is 5.91 Å². The van der Waals surface area contributed by atoms with Gasteiger partial charge in [0, 0.05) is 0 Å². The molecule has 2 saturated heterocycles. The molecule has 0 aromatic heterocycles. The molecular weight excluding hydrogens is 350 g/mol. The summed E-state index contributed by atoms with van der Waals surface area (Å²) < 4.78 is 6.41. The molecule has 134 valence electrons. The molecule has 2 heterocycles. The van der Waals surface area contributed by atoms with E-state index < -0.39 is 14.4 Å². The van der Waals surface area contributed by atoms with Gasteiger partial charge in [0.15, 0.2) is 8.32 Å². The summed E-state index contributed by atoms with van der Waals surface area (Å²) >= 11 is 7.93. The molecule has 6 atom stereocenters. The number of carbonyl (C=O) groups is 1. The third-order valence-electron chi connectivity index (χ3n) is 5.56. The van der Waals surface area contributed by atoms with E-state index in [4.69, 9.17) is 16.0 Å². The molecule has 23 heavy (non-hydrogen) atoms. The molecule has 0 unspecified atom stereocenters. The molecule has 0 bridgehead atoms. The minimum Gasteiger partial charge on any atom is -0.413 e. The number of hydrogen-bond acceptors (Lipinski definition) is 4. The highest BCUT2D eigenvalue weighted by molar-refractivity contribution is 8.00. The topological polar surface area (TPSA) is 58.6 Å². The first kappa shape index (κ1) is 19.6. The fraction of sp³-hybridized carbons (Fsp3) is 0.938. The van der Waals surface area contributed by atoms with Gasteiger partial charge in [-0.15, -0.1) is 11.6 Å². The highest BCUT2D eigenvalue weighted by atomic mass is 35.5. The molecule has 0 aromatic carbocycles. The van der Waals surface area contributed by atoms with Gasteiger partial charge >= 0.3 is 0 Å². The van der Waals surface area contributed by atoms with E-state index in [0.717, 1.165) is 12.2 Å². The maximum atomic E-state index is 12.1. The van der Waals surface area contributed by atoms with E-state index >= 15 is 0 Å². The van der Waals surface area contributed by atoms with Gasteiger partial charge in [0.25, 0.3) is 0 Å². The summed E-state index contributed by atoms with van der Waals surface area (Å²) in [6, 6.07) is -0.0520. The maximum absolute atomic E-state index is 12.1. The van der Waals surface area contributed by atoms with Crippen molar-refractivity contribution in [2.45, 2.75) is 81.1 Å². The summed E-state index contributed by atoms with van der Waals surface area (Å²) in [5.74, 6) is 0.760. The number of rotatable bonds is 4. The Bertz CT molecular complexity index is 457. The summed E-state index contributed by atoms with van der Waals surface area (Å²) in [7, 11) is -1.93. The molecular formula is C16H30ClNO3SSi. The third kappa shape index (κ3) is 3.92. The predicted octanol–water partition coefficient (Wildman–Crippen LogP) is 2.99. The van der Waals surface area contributed by atoms with Gasteiger partial charge in [-0.1, -0.05) is 20.8 Å². The zero-order valence-electron chi connectivity index (χ0n) is 14.9. The average Bonchev–Trinajstić information content (AvgIpc) is 2.37. The molecule has 2 fully saturated rings. The molecule has 2 aliphatic heterocycles. The van der Waals surface area contributed by atoms with Crippen LogP contribution in [0.5, 0.6) is 0 Å². The standard InChI is InChI=1S/C16H30ClNO3SSi/c1-9(21-23(5,6)16(2,3)4)11-12(18-15(11)20)14-13(19)10(17)7-8-22-14/h9-14,19H,7-8H2,1-6H3,(H,18,20)/t9-,10+,11-,12+,13-,14-/m1/s1. The third-order valence-corrected chi connectivity index (χ3v) is 12.0. The van der Waals surface area contributed by atoms with Crippen LogP contribution in [0.1, 0.15) is 34.1 Å². The van der Waals surface area contributed by atoms with Gasteiger partial charge < -0.3 is 14.8 Å². The van der Waals surface area contributed by atoms with Crippen molar-refractivity contribution >= 4 is 37.6 Å². The van der Waals surface area contributed by atoms with E-state index in [2.05, 4.69) is 39.2 Å². The lowest BCUT2D eigenvalue weighted by Gasteiger charge is -2.49. The second-order valence-electron chi connectivity index (χ2n) is 8.27. The Morgan fingerprint density at radius 1 is 1.43 bits per heavy atom. The molecule has 0 aliphatic carbocycles. The zero-order valence-corrected chi connectivity index (χ0v) is 17.5. The van der Waals surface area contributed by atoms with Crippen LogP contribution in [0.3, 0.4) is 0 Å². The maximum Gasteiger partial charge on any atom is 0.228 e. The average molecular weight is 380 g/mol. The first-order valence-electron chi connectivity index (χ1n) is 8.37. The second kappa shape index (κ2) is 6.87. The smallest absolute Gasteiger partial charge is 0.228 e. The SMILES string of the molecule is C[C@@H](O[Si](C)(C)C(C)(C)C)[C@H]1C(=O)N[C@@H]1[C@H]1SCC[C@H](Cl)[C@H]1O. The van der Waals surface area contributed by atoms with Crippen LogP contribution in [0.15, 0.2) is 0 Å². The molecule has 2 aliphatic rings. The number of carbonyl (C=O) groups excluding carboxylic acids is 1. The molecule has 0 spiro atoms. The van der Waals surface area contributed by atoms with Gasteiger partial charge in [-0.25, -0.2) is 0 Å². The van der Waals surface area contributed by atoms with Crippen LogP contribution < -0.4 is 5.32 Å². The Labute approximate surface area is 150 Å². The van der Waals surface area contributed by atoms with Crippen molar-refractivity contribution in [1.82, 2.24) is 5.32 Å². The van der Waals surface area contributed by atoms with E-state index in [-0.39, 0.29) is 39.6 Å². The van der Waals surface area contributed by atoms with Crippen LogP contribution in [0.25, 0.3) is 0 Å². The zero-order chi connectivity index (χ0) is 17.6. The minimum atomic E-state index is -1.93. The monoisotopic (exact) mass is 379 g/mol. The van der Waals surface area contributed by atoms with Crippen LogP contribution in [-0.4, -0.2) is 54.0 Å². The molecule has 2 N–H and O–H groups in total. The lowest BCUT2D eigenvalue weighted by atomic mass is 9.81. The van der Waals surface area contributed by atoms with Gasteiger partial charge in [-0.05, 0) is 37.2 Å². The lowest BCUT2D eigenvalue weighted by molar-refractivity contribution is -0.140. The predicted molar refractivity (Wildman–Crippen MR) is 99.7 cm³/mol. The number of nitrogens with one attached hydrogen (secondary N) is 1. The lowest BCUT2D eigenvalue weighted by Crippen LogP contribution is -2.69. The summed E-state index contributed by atoms with van der Waals surface area (Å²) in [6.07, 6.45) is 0.0901. The Hall–Kier alpha value is 0.247. The van der Waals surface area contributed by atoms with Crippen LogP contribution in [0.4, 0.5) is 0 Å². The molecule has 0 aromatic rings. The van der Waals surface area contributed by atoms with Crippen molar-refractivity contribution in [1.29, 1.82) is 0 Å². The number of β-lactam (4-membered cyclic amide) rings is 1. The summed E-state index contributed by atoms with van der Waals surface area (Å²) in [6.45, 7) is 13.0. The Balaban J connectivity index is 2.07. The highest BCUT2D eigenvalue weighted by Crippen LogP contribution is 2.41. The number of amides is 1. The second-order valence-corrected chi connectivity index (χ2v) is 14.9. The van der Waals surface area contributed by atoms with E-state index in [1.165, 1.54) is 0 Å². The summed E-state index contributed by atoms with van der Waals surface area (Å²) in [4.78, 5) is 12.1. The Morgan fingerprint density at radius 2 is 2.04 bits per heavy atom.